The number of piperazine rings is 1. The van der Waals surface area contributed by atoms with E-state index in [1.165, 1.54) is 0 Å². The lowest BCUT2D eigenvalue weighted by Gasteiger charge is -2.35. The van der Waals surface area contributed by atoms with Gasteiger partial charge in [-0.3, -0.25) is 14.7 Å². The van der Waals surface area contributed by atoms with Crippen LogP contribution in [0.5, 0.6) is 5.75 Å². The van der Waals surface area contributed by atoms with E-state index in [0.717, 1.165) is 17.8 Å². The maximum Gasteiger partial charge on any atom is 0.241 e. The summed E-state index contributed by atoms with van der Waals surface area (Å²) in [4.78, 5) is 20.3. The molecule has 1 aromatic carbocycles. The molecule has 0 atom stereocenters. The molecule has 2 heterocycles. The van der Waals surface area contributed by atoms with Gasteiger partial charge in [0.1, 0.15) is 5.75 Å². The van der Waals surface area contributed by atoms with Crippen LogP contribution in [-0.2, 0) is 11.3 Å². The van der Waals surface area contributed by atoms with E-state index in [9.17, 15) is 4.79 Å². The molecule has 0 aliphatic carbocycles. The van der Waals surface area contributed by atoms with Gasteiger partial charge in [0.2, 0.25) is 5.91 Å². The number of methoxy groups -OCH3 is 1. The van der Waals surface area contributed by atoms with Crippen LogP contribution in [0.15, 0.2) is 36.7 Å². The van der Waals surface area contributed by atoms with Crippen molar-refractivity contribution in [1.82, 2.24) is 9.88 Å². The second-order valence-corrected chi connectivity index (χ2v) is 6.32. The lowest BCUT2D eigenvalue weighted by Crippen LogP contribution is -2.50. The highest BCUT2D eigenvalue weighted by Gasteiger charge is 2.27. The predicted octanol–water partition coefficient (Wildman–Crippen LogP) is 3.25. The highest BCUT2D eigenvalue weighted by Crippen LogP contribution is 2.30. The van der Waals surface area contributed by atoms with Gasteiger partial charge in [-0.25, -0.2) is 0 Å². The third kappa shape index (κ3) is 3.48. The zero-order chi connectivity index (χ0) is 17.1. The molecule has 0 spiro atoms. The second kappa shape index (κ2) is 7.38. The van der Waals surface area contributed by atoms with E-state index in [-0.39, 0.29) is 5.91 Å². The van der Waals surface area contributed by atoms with Crippen LogP contribution in [0, 0.1) is 0 Å². The molecule has 0 N–H and O–H groups in total. The van der Waals surface area contributed by atoms with E-state index in [1.54, 1.807) is 24.4 Å². The Morgan fingerprint density at radius 2 is 1.88 bits per heavy atom. The van der Waals surface area contributed by atoms with Gasteiger partial charge in [-0.15, -0.1) is 0 Å². The SMILES string of the molecule is COc1ccccc1N1CCN(Cc2c(Cl)cncc2Cl)CC1=O. The summed E-state index contributed by atoms with van der Waals surface area (Å²) in [5, 5.41) is 1.03. The summed E-state index contributed by atoms with van der Waals surface area (Å²) in [6, 6.07) is 7.53. The van der Waals surface area contributed by atoms with Gasteiger partial charge in [0, 0.05) is 37.6 Å². The number of hydrogen-bond acceptors (Lipinski definition) is 4. The topological polar surface area (TPSA) is 45.7 Å². The first kappa shape index (κ1) is 17.0. The predicted molar refractivity (Wildman–Crippen MR) is 94.9 cm³/mol. The van der Waals surface area contributed by atoms with Gasteiger partial charge >= 0.3 is 0 Å². The van der Waals surface area contributed by atoms with Gasteiger partial charge in [-0.1, -0.05) is 35.3 Å². The van der Waals surface area contributed by atoms with Gasteiger partial charge in [-0.2, -0.15) is 0 Å². The summed E-state index contributed by atoms with van der Waals surface area (Å²) in [5.41, 5.74) is 1.59. The molecule has 1 saturated heterocycles. The fourth-order valence-electron chi connectivity index (χ4n) is 2.78. The lowest BCUT2D eigenvalue weighted by molar-refractivity contribution is -0.121. The number of carbonyl (C=O) groups is 1. The molecular formula is C17H17Cl2N3O2. The van der Waals surface area contributed by atoms with Crippen molar-refractivity contribution >= 4 is 34.8 Å². The van der Waals surface area contributed by atoms with E-state index in [0.29, 0.717) is 35.4 Å². The molecular weight excluding hydrogens is 349 g/mol. The normalized spacial score (nSPS) is 15.6. The highest BCUT2D eigenvalue weighted by atomic mass is 35.5. The van der Waals surface area contributed by atoms with E-state index in [1.807, 2.05) is 29.2 Å². The van der Waals surface area contributed by atoms with Crippen LogP contribution in [0.3, 0.4) is 0 Å². The fourth-order valence-corrected chi connectivity index (χ4v) is 3.26. The van der Waals surface area contributed by atoms with Crippen LogP contribution in [0.1, 0.15) is 5.56 Å². The third-order valence-electron chi connectivity index (χ3n) is 4.01. The summed E-state index contributed by atoms with van der Waals surface area (Å²) in [6.45, 7) is 2.12. The largest absolute Gasteiger partial charge is 0.495 e. The molecule has 5 nitrogen and oxygen atoms in total. The zero-order valence-corrected chi connectivity index (χ0v) is 14.7. The van der Waals surface area contributed by atoms with Crippen molar-refractivity contribution in [3.05, 3.63) is 52.3 Å². The van der Waals surface area contributed by atoms with Crippen molar-refractivity contribution in [2.24, 2.45) is 0 Å². The fraction of sp³-hybridized carbons (Fsp3) is 0.294. The quantitative estimate of drug-likeness (QED) is 0.834. The van der Waals surface area contributed by atoms with Gasteiger partial charge in [0.25, 0.3) is 0 Å². The van der Waals surface area contributed by atoms with E-state index in [2.05, 4.69) is 4.98 Å². The van der Waals surface area contributed by atoms with E-state index in [4.69, 9.17) is 27.9 Å². The van der Waals surface area contributed by atoms with E-state index >= 15 is 0 Å². The minimum absolute atomic E-state index is 0.0204. The second-order valence-electron chi connectivity index (χ2n) is 5.51. The van der Waals surface area contributed by atoms with Crippen LogP contribution in [-0.4, -0.2) is 42.5 Å². The Bertz CT molecular complexity index is 734. The minimum Gasteiger partial charge on any atom is -0.495 e. The molecule has 1 amide bonds. The number of ether oxygens (including phenoxy) is 1. The van der Waals surface area contributed by atoms with Crippen LogP contribution >= 0.6 is 23.2 Å². The number of amides is 1. The number of nitrogens with zero attached hydrogens (tertiary/aromatic N) is 3. The standard InChI is InChI=1S/C17H17Cl2N3O2/c1-24-16-5-3-2-4-15(16)22-7-6-21(11-17(22)23)10-12-13(18)8-20-9-14(12)19/h2-5,8-9H,6-7,10-11H2,1H3. The van der Waals surface area contributed by atoms with Crippen LogP contribution < -0.4 is 9.64 Å². The van der Waals surface area contributed by atoms with Crippen molar-refractivity contribution in [2.75, 3.05) is 31.6 Å². The Balaban J connectivity index is 1.73. The molecule has 0 saturated carbocycles. The number of carbonyl (C=O) groups excluding carboxylic acids is 1. The monoisotopic (exact) mass is 365 g/mol. The number of benzene rings is 1. The van der Waals surface area contributed by atoms with Crippen LogP contribution in [0.2, 0.25) is 10.0 Å². The maximum atomic E-state index is 12.6. The molecule has 0 unspecified atom stereocenters. The summed E-state index contributed by atoms with van der Waals surface area (Å²) in [5.74, 6) is 0.714. The summed E-state index contributed by atoms with van der Waals surface area (Å²) < 4.78 is 5.35. The third-order valence-corrected chi connectivity index (χ3v) is 4.66. The summed E-state index contributed by atoms with van der Waals surface area (Å²) >= 11 is 12.3. The first-order chi connectivity index (χ1) is 11.6. The Morgan fingerprint density at radius 1 is 1.17 bits per heavy atom. The van der Waals surface area contributed by atoms with Crippen molar-refractivity contribution in [3.8, 4) is 5.75 Å². The van der Waals surface area contributed by atoms with Gasteiger partial charge in [-0.05, 0) is 12.1 Å². The van der Waals surface area contributed by atoms with Crippen molar-refractivity contribution in [3.63, 3.8) is 0 Å². The number of halogens is 2. The molecule has 7 heteroatoms. The molecule has 0 radical (unpaired) electrons. The molecule has 24 heavy (non-hydrogen) atoms. The maximum absolute atomic E-state index is 12.6. The Morgan fingerprint density at radius 3 is 2.54 bits per heavy atom. The van der Waals surface area contributed by atoms with Gasteiger partial charge in [0.05, 0.1) is 29.4 Å². The van der Waals surface area contributed by atoms with Crippen molar-refractivity contribution in [1.29, 1.82) is 0 Å². The molecule has 126 valence electrons. The molecule has 3 rings (SSSR count). The lowest BCUT2D eigenvalue weighted by atomic mass is 10.2. The van der Waals surface area contributed by atoms with Gasteiger partial charge in [0.15, 0.2) is 0 Å². The van der Waals surface area contributed by atoms with E-state index < -0.39 is 0 Å². The first-order valence-corrected chi connectivity index (χ1v) is 8.29. The number of pyridine rings is 1. The molecule has 1 aliphatic heterocycles. The number of anilines is 1. The van der Waals surface area contributed by atoms with Crippen LogP contribution in [0.4, 0.5) is 5.69 Å². The Kier molecular flexibility index (Phi) is 5.23. The average molecular weight is 366 g/mol. The molecule has 1 aromatic heterocycles. The Labute approximate surface area is 150 Å². The zero-order valence-electron chi connectivity index (χ0n) is 13.2. The first-order valence-electron chi connectivity index (χ1n) is 7.53. The summed E-state index contributed by atoms with van der Waals surface area (Å²) in [7, 11) is 1.60. The van der Waals surface area contributed by atoms with Crippen molar-refractivity contribution in [2.45, 2.75) is 6.54 Å². The molecule has 2 aromatic rings. The average Bonchev–Trinajstić information content (AvgIpc) is 2.58. The number of aromatic nitrogens is 1. The number of rotatable bonds is 4. The van der Waals surface area contributed by atoms with Crippen LogP contribution in [0.25, 0.3) is 0 Å². The molecule has 1 fully saturated rings. The number of para-hydroxylation sites is 2. The number of hydrogen-bond donors (Lipinski definition) is 0. The van der Waals surface area contributed by atoms with Crippen molar-refractivity contribution < 1.29 is 9.53 Å². The Hall–Kier alpha value is -1.82. The highest BCUT2D eigenvalue weighted by molar-refractivity contribution is 6.35. The minimum atomic E-state index is 0.0204. The molecule has 1 aliphatic rings. The smallest absolute Gasteiger partial charge is 0.241 e. The molecule has 0 bridgehead atoms. The van der Waals surface area contributed by atoms with Gasteiger partial charge < -0.3 is 9.64 Å². The summed E-state index contributed by atoms with van der Waals surface area (Å²) in [6.07, 6.45) is 3.13.